The van der Waals surface area contributed by atoms with Crippen molar-refractivity contribution in [2.24, 2.45) is 0 Å². The Balaban J connectivity index is 1.77. The van der Waals surface area contributed by atoms with Crippen LogP contribution in [0.25, 0.3) is 0 Å². The third kappa shape index (κ3) is 4.15. The van der Waals surface area contributed by atoms with Crippen LogP contribution in [0.1, 0.15) is 46.4 Å². The number of carbonyl (C=O) groups is 2. The Morgan fingerprint density at radius 2 is 1.96 bits per heavy atom. The molecule has 0 saturated carbocycles. The van der Waals surface area contributed by atoms with Crippen LogP contribution < -0.4 is 10.9 Å². The molecule has 2 aromatic rings. The lowest BCUT2D eigenvalue weighted by molar-refractivity contribution is -0.136. The smallest absolute Gasteiger partial charge is 0.303 e. The Labute approximate surface area is 144 Å². The lowest BCUT2D eigenvalue weighted by Crippen LogP contribution is -2.26. The van der Waals surface area contributed by atoms with Crippen LogP contribution in [0.5, 0.6) is 0 Å². The lowest BCUT2D eigenvalue weighted by Gasteiger charge is -2.16. The largest absolute Gasteiger partial charge is 0.481 e. The van der Waals surface area contributed by atoms with Crippen LogP contribution in [0.15, 0.2) is 35.1 Å². The summed E-state index contributed by atoms with van der Waals surface area (Å²) in [7, 11) is 0. The number of anilines is 1. The number of aryl methyl sites for hydroxylation is 3. The van der Waals surface area contributed by atoms with Gasteiger partial charge in [0.2, 0.25) is 0 Å². The standard InChI is InChI=1S/C19H20N2O4/c22-17(23)9-8-12-4-3-6-14(10-12)20-18(24)15-11-13-5-1-2-7-16(13)21-19(15)25/h3-4,6,10-11H,1-2,5,7-9H2,(H,20,24)(H,21,25)(H,22,23). The first-order valence-corrected chi connectivity index (χ1v) is 8.40. The summed E-state index contributed by atoms with van der Waals surface area (Å²) >= 11 is 0. The molecular formula is C19H20N2O4. The van der Waals surface area contributed by atoms with E-state index in [4.69, 9.17) is 5.11 Å². The maximum Gasteiger partial charge on any atom is 0.303 e. The molecular weight excluding hydrogens is 320 g/mol. The molecule has 0 radical (unpaired) electrons. The molecule has 0 atom stereocenters. The number of carbonyl (C=O) groups excluding carboxylic acids is 1. The number of fused-ring (bicyclic) bond motifs is 1. The van der Waals surface area contributed by atoms with Crippen molar-refractivity contribution in [1.82, 2.24) is 4.98 Å². The van der Waals surface area contributed by atoms with E-state index in [1.54, 1.807) is 24.3 Å². The zero-order chi connectivity index (χ0) is 17.8. The molecule has 3 N–H and O–H groups in total. The Kier molecular flexibility index (Phi) is 4.97. The zero-order valence-corrected chi connectivity index (χ0v) is 13.8. The topological polar surface area (TPSA) is 99.3 Å². The van der Waals surface area contributed by atoms with Gasteiger partial charge in [0.15, 0.2) is 0 Å². The second-order valence-corrected chi connectivity index (χ2v) is 6.27. The van der Waals surface area contributed by atoms with Gasteiger partial charge in [0.25, 0.3) is 11.5 Å². The Hall–Kier alpha value is -2.89. The third-order valence-corrected chi connectivity index (χ3v) is 4.40. The first-order chi connectivity index (χ1) is 12.0. The van der Waals surface area contributed by atoms with E-state index in [2.05, 4.69) is 10.3 Å². The van der Waals surface area contributed by atoms with E-state index in [0.717, 1.165) is 42.5 Å². The summed E-state index contributed by atoms with van der Waals surface area (Å²) in [6.45, 7) is 0. The second kappa shape index (κ2) is 7.34. The number of benzene rings is 1. The minimum absolute atomic E-state index is 0.0297. The van der Waals surface area contributed by atoms with E-state index < -0.39 is 11.9 Å². The van der Waals surface area contributed by atoms with Gasteiger partial charge < -0.3 is 15.4 Å². The molecule has 6 nitrogen and oxygen atoms in total. The number of carboxylic acids is 1. The van der Waals surface area contributed by atoms with E-state index in [0.29, 0.717) is 12.1 Å². The molecule has 0 bridgehead atoms. The van der Waals surface area contributed by atoms with Crippen molar-refractivity contribution in [2.75, 3.05) is 5.32 Å². The summed E-state index contributed by atoms with van der Waals surface area (Å²) < 4.78 is 0. The number of H-pyrrole nitrogens is 1. The van der Waals surface area contributed by atoms with Gasteiger partial charge in [-0.2, -0.15) is 0 Å². The van der Waals surface area contributed by atoms with Crippen molar-refractivity contribution in [2.45, 2.75) is 38.5 Å². The third-order valence-electron chi connectivity index (χ3n) is 4.40. The molecule has 1 aliphatic carbocycles. The second-order valence-electron chi connectivity index (χ2n) is 6.27. The van der Waals surface area contributed by atoms with E-state index in [-0.39, 0.29) is 17.5 Å². The number of carboxylic acid groups (broad SMARTS) is 1. The van der Waals surface area contributed by atoms with Gasteiger partial charge in [0, 0.05) is 17.8 Å². The molecule has 25 heavy (non-hydrogen) atoms. The Bertz CT molecular complexity index is 870. The summed E-state index contributed by atoms with van der Waals surface area (Å²) in [4.78, 5) is 38.2. The highest BCUT2D eigenvalue weighted by Gasteiger charge is 2.17. The number of rotatable bonds is 5. The molecule has 1 aromatic carbocycles. The lowest BCUT2D eigenvalue weighted by atomic mass is 9.95. The molecule has 0 fully saturated rings. The van der Waals surface area contributed by atoms with E-state index in [1.807, 2.05) is 6.07 Å². The monoisotopic (exact) mass is 340 g/mol. The summed E-state index contributed by atoms with van der Waals surface area (Å²) in [5.74, 6) is -1.32. The molecule has 1 amide bonds. The highest BCUT2D eigenvalue weighted by molar-refractivity contribution is 6.04. The fourth-order valence-corrected chi connectivity index (χ4v) is 3.10. The van der Waals surface area contributed by atoms with E-state index >= 15 is 0 Å². The van der Waals surface area contributed by atoms with Gasteiger partial charge in [-0.15, -0.1) is 0 Å². The number of nitrogens with one attached hydrogen (secondary N) is 2. The molecule has 6 heteroatoms. The average Bonchev–Trinajstić information content (AvgIpc) is 2.59. The highest BCUT2D eigenvalue weighted by atomic mass is 16.4. The molecule has 0 spiro atoms. The van der Waals surface area contributed by atoms with Crippen LogP contribution in [0, 0.1) is 0 Å². The van der Waals surface area contributed by atoms with Crippen LogP contribution in [-0.4, -0.2) is 22.0 Å². The van der Waals surface area contributed by atoms with Crippen LogP contribution in [0.2, 0.25) is 0 Å². The van der Waals surface area contributed by atoms with Crippen molar-refractivity contribution >= 4 is 17.6 Å². The molecule has 1 aromatic heterocycles. The minimum Gasteiger partial charge on any atom is -0.481 e. The number of pyridine rings is 1. The van der Waals surface area contributed by atoms with Crippen molar-refractivity contribution < 1.29 is 14.7 Å². The van der Waals surface area contributed by atoms with Gasteiger partial charge in [-0.05, 0) is 61.4 Å². The van der Waals surface area contributed by atoms with E-state index in [9.17, 15) is 14.4 Å². The van der Waals surface area contributed by atoms with Crippen LogP contribution >= 0.6 is 0 Å². The maximum atomic E-state index is 12.5. The molecule has 1 heterocycles. The van der Waals surface area contributed by atoms with Gasteiger partial charge in [-0.3, -0.25) is 14.4 Å². The molecule has 130 valence electrons. The SMILES string of the molecule is O=C(O)CCc1cccc(NC(=O)c2cc3c([nH]c2=O)CCCC3)c1. The molecule has 0 unspecified atom stereocenters. The molecule has 0 saturated heterocycles. The highest BCUT2D eigenvalue weighted by Crippen LogP contribution is 2.19. The number of hydrogen-bond donors (Lipinski definition) is 3. The number of aliphatic carboxylic acids is 1. The number of hydrogen-bond acceptors (Lipinski definition) is 3. The minimum atomic E-state index is -0.866. The predicted octanol–water partition coefficient (Wildman–Crippen LogP) is 2.52. The number of amides is 1. The normalized spacial score (nSPS) is 13.1. The van der Waals surface area contributed by atoms with Gasteiger partial charge >= 0.3 is 5.97 Å². The Morgan fingerprint density at radius 1 is 1.16 bits per heavy atom. The van der Waals surface area contributed by atoms with Crippen LogP contribution in [-0.2, 0) is 24.1 Å². The summed E-state index contributed by atoms with van der Waals surface area (Å²) in [5.41, 5.74) is 3.07. The maximum absolute atomic E-state index is 12.5. The molecule has 1 aliphatic rings. The number of aromatic nitrogens is 1. The summed E-state index contributed by atoms with van der Waals surface area (Å²) in [6.07, 6.45) is 4.25. The quantitative estimate of drug-likeness (QED) is 0.779. The predicted molar refractivity (Wildman–Crippen MR) is 94.1 cm³/mol. The Morgan fingerprint density at radius 3 is 2.76 bits per heavy atom. The molecule has 0 aliphatic heterocycles. The van der Waals surface area contributed by atoms with Crippen molar-refractivity contribution in [1.29, 1.82) is 0 Å². The number of aromatic amines is 1. The average molecular weight is 340 g/mol. The van der Waals surface area contributed by atoms with Crippen LogP contribution in [0.4, 0.5) is 5.69 Å². The molecule has 3 rings (SSSR count). The fourth-order valence-electron chi connectivity index (χ4n) is 3.10. The van der Waals surface area contributed by atoms with Crippen molar-refractivity contribution in [3.8, 4) is 0 Å². The van der Waals surface area contributed by atoms with E-state index in [1.165, 1.54) is 0 Å². The zero-order valence-electron chi connectivity index (χ0n) is 13.8. The van der Waals surface area contributed by atoms with Crippen LogP contribution in [0.3, 0.4) is 0 Å². The van der Waals surface area contributed by atoms with Gasteiger partial charge in [-0.25, -0.2) is 0 Å². The fraction of sp³-hybridized carbons (Fsp3) is 0.316. The summed E-state index contributed by atoms with van der Waals surface area (Å²) in [6, 6.07) is 8.70. The first kappa shape index (κ1) is 17.0. The van der Waals surface area contributed by atoms with Crippen molar-refractivity contribution in [3.63, 3.8) is 0 Å². The van der Waals surface area contributed by atoms with Gasteiger partial charge in [0.05, 0.1) is 0 Å². The van der Waals surface area contributed by atoms with Gasteiger partial charge in [0.1, 0.15) is 5.56 Å². The van der Waals surface area contributed by atoms with Gasteiger partial charge in [-0.1, -0.05) is 12.1 Å². The van der Waals surface area contributed by atoms with Crippen molar-refractivity contribution in [3.05, 3.63) is 63.1 Å². The first-order valence-electron chi connectivity index (χ1n) is 8.40. The summed E-state index contributed by atoms with van der Waals surface area (Å²) in [5, 5.41) is 11.5.